The molecule has 0 radical (unpaired) electrons. The second kappa shape index (κ2) is 6.44. The van der Waals surface area contributed by atoms with Gasteiger partial charge < -0.3 is 9.69 Å². The van der Waals surface area contributed by atoms with Gasteiger partial charge >= 0.3 is 0 Å². The molecule has 2 nitrogen and oxygen atoms in total. The standard InChI is InChI=1S/C9H17NO.ClH/c1-2-5-10-6-3-4-9(7-10)8-11;/h8-9H,2-7H2,1H3;1H. The monoisotopic (exact) mass is 191 g/mol. The second-order valence-electron chi connectivity index (χ2n) is 3.34. The molecule has 72 valence electrons. The molecule has 1 saturated heterocycles. The Morgan fingerprint density at radius 1 is 1.58 bits per heavy atom. The van der Waals surface area contributed by atoms with Crippen molar-refractivity contribution in [2.24, 2.45) is 5.92 Å². The summed E-state index contributed by atoms with van der Waals surface area (Å²) < 4.78 is 0. The normalized spacial score (nSPS) is 24.6. The third kappa shape index (κ3) is 3.55. The first-order chi connectivity index (χ1) is 5.36. The lowest BCUT2D eigenvalue weighted by Gasteiger charge is -2.29. The van der Waals surface area contributed by atoms with Crippen molar-refractivity contribution in [2.75, 3.05) is 19.6 Å². The summed E-state index contributed by atoms with van der Waals surface area (Å²) in [5.41, 5.74) is 0. The fourth-order valence-electron chi connectivity index (χ4n) is 1.72. The molecule has 1 unspecified atom stereocenters. The zero-order valence-electron chi connectivity index (χ0n) is 7.66. The summed E-state index contributed by atoms with van der Waals surface area (Å²) in [6.07, 6.45) is 4.61. The van der Waals surface area contributed by atoms with E-state index in [4.69, 9.17) is 0 Å². The Bertz CT molecular complexity index is 128. The molecule has 3 heteroatoms. The van der Waals surface area contributed by atoms with Gasteiger partial charge in [-0.05, 0) is 32.4 Å². The van der Waals surface area contributed by atoms with Crippen LogP contribution in [0.5, 0.6) is 0 Å². The van der Waals surface area contributed by atoms with Crippen molar-refractivity contribution in [2.45, 2.75) is 26.2 Å². The van der Waals surface area contributed by atoms with E-state index in [1.807, 2.05) is 0 Å². The van der Waals surface area contributed by atoms with Crippen LogP contribution in [0.2, 0.25) is 0 Å². The molecule has 0 bridgehead atoms. The Morgan fingerprint density at radius 3 is 2.92 bits per heavy atom. The molecule has 0 spiro atoms. The molecule has 1 heterocycles. The smallest absolute Gasteiger partial charge is 0.124 e. The van der Waals surface area contributed by atoms with Crippen molar-refractivity contribution in [3.05, 3.63) is 0 Å². The predicted molar refractivity (Wildman–Crippen MR) is 52.8 cm³/mol. The van der Waals surface area contributed by atoms with Crippen LogP contribution in [0.3, 0.4) is 0 Å². The first kappa shape index (κ1) is 11.9. The van der Waals surface area contributed by atoms with E-state index in [0.29, 0.717) is 5.92 Å². The Balaban J connectivity index is 0.00000121. The number of carbonyl (C=O) groups excluding carboxylic acids is 1. The molecule has 1 atom stereocenters. The van der Waals surface area contributed by atoms with Gasteiger partial charge in [-0.1, -0.05) is 6.92 Å². The molecule has 0 aliphatic carbocycles. The van der Waals surface area contributed by atoms with E-state index >= 15 is 0 Å². The summed E-state index contributed by atoms with van der Waals surface area (Å²) in [4.78, 5) is 12.9. The molecule has 1 aliphatic heterocycles. The maximum Gasteiger partial charge on any atom is 0.124 e. The van der Waals surface area contributed by atoms with Gasteiger partial charge in [0.05, 0.1) is 0 Å². The molecule has 0 saturated carbocycles. The van der Waals surface area contributed by atoms with Crippen LogP contribution in [0.1, 0.15) is 26.2 Å². The van der Waals surface area contributed by atoms with Crippen molar-refractivity contribution in [3.63, 3.8) is 0 Å². The average Bonchev–Trinajstić information content (AvgIpc) is 2.06. The number of piperidine rings is 1. The number of rotatable bonds is 3. The molecule has 0 aromatic carbocycles. The summed E-state index contributed by atoms with van der Waals surface area (Å²) in [6, 6.07) is 0. The maximum atomic E-state index is 10.5. The predicted octanol–water partition coefficient (Wildman–Crippen LogP) is 1.73. The van der Waals surface area contributed by atoms with Gasteiger partial charge in [-0.25, -0.2) is 0 Å². The Labute approximate surface area is 80.7 Å². The highest BCUT2D eigenvalue weighted by atomic mass is 35.5. The minimum atomic E-state index is 0. The number of nitrogens with zero attached hydrogens (tertiary/aromatic N) is 1. The quantitative estimate of drug-likeness (QED) is 0.634. The molecular formula is C9H18ClNO. The van der Waals surface area contributed by atoms with Crippen LogP contribution in [0, 0.1) is 5.92 Å². The number of hydrogen-bond acceptors (Lipinski definition) is 2. The third-order valence-corrected chi connectivity index (χ3v) is 2.27. The molecule has 12 heavy (non-hydrogen) atoms. The van der Waals surface area contributed by atoms with Crippen molar-refractivity contribution < 1.29 is 4.79 Å². The zero-order chi connectivity index (χ0) is 8.10. The minimum absolute atomic E-state index is 0. The minimum Gasteiger partial charge on any atom is -0.303 e. The molecule has 0 aromatic heterocycles. The Kier molecular flexibility index (Phi) is 6.39. The van der Waals surface area contributed by atoms with E-state index in [1.54, 1.807) is 0 Å². The molecule has 0 aromatic rings. The topological polar surface area (TPSA) is 20.3 Å². The van der Waals surface area contributed by atoms with E-state index < -0.39 is 0 Å². The van der Waals surface area contributed by atoms with Crippen LogP contribution in [0.15, 0.2) is 0 Å². The second-order valence-corrected chi connectivity index (χ2v) is 3.34. The number of hydrogen-bond donors (Lipinski definition) is 0. The lowest BCUT2D eigenvalue weighted by Crippen LogP contribution is -2.36. The molecule has 0 amide bonds. The van der Waals surface area contributed by atoms with E-state index in [-0.39, 0.29) is 12.4 Å². The Hall–Kier alpha value is -0.0800. The molecule has 1 aliphatic rings. The van der Waals surface area contributed by atoms with Crippen LogP contribution in [-0.2, 0) is 4.79 Å². The van der Waals surface area contributed by atoms with E-state index in [0.717, 1.165) is 25.8 Å². The highest BCUT2D eigenvalue weighted by molar-refractivity contribution is 5.85. The van der Waals surface area contributed by atoms with Gasteiger partial charge in [-0.2, -0.15) is 0 Å². The lowest BCUT2D eigenvalue weighted by atomic mass is 10.00. The highest BCUT2D eigenvalue weighted by Gasteiger charge is 2.17. The van der Waals surface area contributed by atoms with E-state index in [2.05, 4.69) is 11.8 Å². The Morgan fingerprint density at radius 2 is 2.33 bits per heavy atom. The number of likely N-dealkylation sites (tertiary alicyclic amines) is 1. The van der Waals surface area contributed by atoms with Gasteiger partial charge in [0.15, 0.2) is 0 Å². The van der Waals surface area contributed by atoms with Crippen molar-refractivity contribution in [1.82, 2.24) is 4.90 Å². The zero-order valence-corrected chi connectivity index (χ0v) is 8.48. The van der Waals surface area contributed by atoms with Crippen molar-refractivity contribution in [1.29, 1.82) is 0 Å². The highest BCUT2D eigenvalue weighted by Crippen LogP contribution is 2.13. The summed E-state index contributed by atoms with van der Waals surface area (Å²) in [6.45, 7) is 5.53. The van der Waals surface area contributed by atoms with Crippen molar-refractivity contribution in [3.8, 4) is 0 Å². The van der Waals surface area contributed by atoms with Gasteiger partial charge in [0.2, 0.25) is 0 Å². The first-order valence-corrected chi connectivity index (χ1v) is 4.54. The van der Waals surface area contributed by atoms with Crippen LogP contribution >= 0.6 is 12.4 Å². The van der Waals surface area contributed by atoms with Crippen LogP contribution < -0.4 is 0 Å². The first-order valence-electron chi connectivity index (χ1n) is 4.54. The molecular weight excluding hydrogens is 174 g/mol. The summed E-state index contributed by atoms with van der Waals surface area (Å²) >= 11 is 0. The third-order valence-electron chi connectivity index (χ3n) is 2.27. The van der Waals surface area contributed by atoms with Crippen molar-refractivity contribution >= 4 is 18.7 Å². The van der Waals surface area contributed by atoms with Crippen LogP contribution in [-0.4, -0.2) is 30.8 Å². The van der Waals surface area contributed by atoms with Gasteiger partial charge in [0, 0.05) is 12.5 Å². The summed E-state index contributed by atoms with van der Waals surface area (Å²) in [7, 11) is 0. The van der Waals surface area contributed by atoms with Crippen LogP contribution in [0.25, 0.3) is 0 Å². The number of aldehydes is 1. The van der Waals surface area contributed by atoms with Crippen LogP contribution in [0.4, 0.5) is 0 Å². The van der Waals surface area contributed by atoms with Gasteiger partial charge in [0.1, 0.15) is 6.29 Å². The fraction of sp³-hybridized carbons (Fsp3) is 0.889. The fourth-order valence-corrected chi connectivity index (χ4v) is 1.72. The summed E-state index contributed by atoms with van der Waals surface area (Å²) in [5, 5.41) is 0. The van der Waals surface area contributed by atoms with Gasteiger partial charge in [-0.3, -0.25) is 0 Å². The number of halogens is 1. The summed E-state index contributed by atoms with van der Waals surface area (Å²) in [5.74, 6) is 0.315. The van der Waals surface area contributed by atoms with Gasteiger partial charge in [-0.15, -0.1) is 12.4 Å². The maximum absolute atomic E-state index is 10.5. The SMILES string of the molecule is CCCN1CCCC(C=O)C1.Cl. The van der Waals surface area contributed by atoms with E-state index in [1.165, 1.54) is 19.4 Å². The van der Waals surface area contributed by atoms with Gasteiger partial charge in [0.25, 0.3) is 0 Å². The molecule has 1 fully saturated rings. The number of carbonyl (C=O) groups is 1. The molecule has 0 N–H and O–H groups in total. The molecule has 1 rings (SSSR count). The average molecular weight is 192 g/mol. The van der Waals surface area contributed by atoms with E-state index in [9.17, 15) is 4.79 Å². The largest absolute Gasteiger partial charge is 0.303 e. The lowest BCUT2D eigenvalue weighted by molar-refractivity contribution is -0.112.